The molecule has 0 aromatic rings. The van der Waals surface area contributed by atoms with Gasteiger partial charge in [0.2, 0.25) is 0 Å². The molecule has 18 heavy (non-hydrogen) atoms. The fraction of sp³-hybridized carbons (Fsp3) is 1.00. The van der Waals surface area contributed by atoms with Crippen molar-refractivity contribution in [1.82, 2.24) is 10.2 Å². The van der Waals surface area contributed by atoms with E-state index in [1.165, 1.54) is 25.9 Å². The Labute approximate surface area is 118 Å². The Kier molecular flexibility index (Phi) is 6.49. The summed E-state index contributed by atoms with van der Waals surface area (Å²) in [5.41, 5.74) is 0. The Balaban J connectivity index is 2.52. The predicted octanol–water partition coefficient (Wildman–Crippen LogP) is 3.23. The van der Waals surface area contributed by atoms with Crippen molar-refractivity contribution < 1.29 is 0 Å². The van der Waals surface area contributed by atoms with Gasteiger partial charge in [0.15, 0.2) is 0 Å². The monoisotopic (exact) mass is 272 g/mol. The minimum atomic E-state index is 0.373. The van der Waals surface area contributed by atoms with Crippen LogP contribution >= 0.6 is 11.8 Å². The Morgan fingerprint density at radius 3 is 2.56 bits per heavy atom. The zero-order valence-corrected chi connectivity index (χ0v) is 13.9. The predicted molar refractivity (Wildman–Crippen MR) is 84.5 cm³/mol. The van der Waals surface area contributed by atoms with Gasteiger partial charge in [0, 0.05) is 23.4 Å². The van der Waals surface area contributed by atoms with E-state index in [1.54, 1.807) is 0 Å². The van der Waals surface area contributed by atoms with Crippen molar-refractivity contribution in [2.24, 2.45) is 5.92 Å². The zero-order valence-electron chi connectivity index (χ0n) is 13.1. The van der Waals surface area contributed by atoms with E-state index in [9.17, 15) is 0 Å². The zero-order chi connectivity index (χ0) is 13.8. The van der Waals surface area contributed by atoms with Crippen LogP contribution in [0, 0.1) is 5.92 Å². The lowest BCUT2D eigenvalue weighted by Crippen LogP contribution is -2.55. The minimum Gasteiger partial charge on any atom is -0.314 e. The van der Waals surface area contributed by atoms with Gasteiger partial charge in [0.1, 0.15) is 0 Å². The van der Waals surface area contributed by atoms with Crippen LogP contribution in [-0.2, 0) is 0 Å². The molecule has 3 heteroatoms. The second-order valence-electron chi connectivity index (χ2n) is 6.38. The van der Waals surface area contributed by atoms with Crippen LogP contribution in [0.1, 0.15) is 47.5 Å². The highest BCUT2D eigenvalue weighted by Gasteiger charge is 2.34. The molecule has 0 aromatic carbocycles. The molecule has 0 saturated carbocycles. The van der Waals surface area contributed by atoms with Gasteiger partial charge in [-0.2, -0.15) is 11.8 Å². The van der Waals surface area contributed by atoms with Crippen LogP contribution in [0.25, 0.3) is 0 Å². The molecule has 1 aliphatic rings. The molecule has 108 valence electrons. The molecule has 1 N–H and O–H groups in total. The van der Waals surface area contributed by atoms with Crippen LogP contribution in [-0.4, -0.2) is 47.6 Å². The van der Waals surface area contributed by atoms with E-state index in [1.807, 2.05) is 11.8 Å². The molecular formula is C15H32N2S. The third-order valence-electron chi connectivity index (χ3n) is 4.49. The fourth-order valence-corrected chi connectivity index (χ4v) is 3.13. The third kappa shape index (κ3) is 4.43. The Bertz CT molecular complexity index is 243. The van der Waals surface area contributed by atoms with Crippen LogP contribution in [0.2, 0.25) is 0 Å². The van der Waals surface area contributed by atoms with E-state index in [0.717, 1.165) is 12.5 Å². The minimum absolute atomic E-state index is 0.373. The fourth-order valence-electron chi connectivity index (χ4n) is 2.83. The van der Waals surface area contributed by atoms with Crippen LogP contribution in [0.15, 0.2) is 0 Å². The maximum absolute atomic E-state index is 3.72. The molecule has 1 heterocycles. The lowest BCUT2D eigenvalue weighted by molar-refractivity contribution is 0.0790. The molecule has 1 aliphatic heterocycles. The van der Waals surface area contributed by atoms with Crippen molar-refractivity contribution in [2.75, 3.05) is 25.9 Å². The van der Waals surface area contributed by atoms with Gasteiger partial charge >= 0.3 is 0 Å². The first-order chi connectivity index (χ1) is 8.41. The summed E-state index contributed by atoms with van der Waals surface area (Å²) in [7, 11) is 0. The van der Waals surface area contributed by atoms with E-state index in [0.29, 0.717) is 16.8 Å². The molecule has 0 aromatic heterocycles. The number of nitrogens with zero attached hydrogens (tertiary/aromatic N) is 1. The maximum atomic E-state index is 3.72. The van der Waals surface area contributed by atoms with Gasteiger partial charge in [-0.25, -0.2) is 0 Å². The van der Waals surface area contributed by atoms with Gasteiger partial charge in [0.05, 0.1) is 0 Å². The lowest BCUT2D eigenvalue weighted by Gasteiger charge is -2.45. The molecule has 2 nitrogen and oxygen atoms in total. The molecule has 1 rings (SSSR count). The van der Waals surface area contributed by atoms with Gasteiger partial charge in [0.25, 0.3) is 0 Å². The molecule has 1 fully saturated rings. The standard InChI is InChI=1S/C15H32N2S/c1-7-9-16-14-8-10-17(13(3)12(14)2)11-15(4,5)18-6/h12-14,16H,7-11H2,1-6H3. The van der Waals surface area contributed by atoms with Crippen LogP contribution < -0.4 is 5.32 Å². The second kappa shape index (κ2) is 7.16. The molecule has 3 atom stereocenters. The number of rotatable bonds is 6. The van der Waals surface area contributed by atoms with Gasteiger partial charge in [-0.15, -0.1) is 0 Å². The molecule has 0 spiro atoms. The highest BCUT2D eigenvalue weighted by atomic mass is 32.2. The third-order valence-corrected chi connectivity index (χ3v) is 5.73. The largest absolute Gasteiger partial charge is 0.314 e. The molecule has 0 radical (unpaired) electrons. The number of nitrogens with one attached hydrogen (secondary N) is 1. The summed E-state index contributed by atoms with van der Waals surface area (Å²) in [6.07, 6.45) is 4.76. The van der Waals surface area contributed by atoms with Crippen LogP contribution in [0.5, 0.6) is 0 Å². The van der Waals surface area contributed by atoms with Crippen molar-refractivity contribution >= 4 is 11.8 Å². The molecule has 3 unspecified atom stereocenters. The summed E-state index contributed by atoms with van der Waals surface area (Å²) >= 11 is 1.98. The topological polar surface area (TPSA) is 15.3 Å². The smallest absolute Gasteiger partial charge is 0.0228 e. The van der Waals surface area contributed by atoms with E-state index in [2.05, 4.69) is 51.1 Å². The summed E-state index contributed by atoms with van der Waals surface area (Å²) in [6.45, 7) is 15.4. The lowest BCUT2D eigenvalue weighted by atomic mass is 9.86. The molecule has 0 amide bonds. The number of hydrogen-bond donors (Lipinski definition) is 1. The Morgan fingerprint density at radius 2 is 2.00 bits per heavy atom. The number of likely N-dealkylation sites (tertiary alicyclic amines) is 1. The summed E-state index contributed by atoms with van der Waals surface area (Å²) in [5, 5.41) is 3.72. The summed E-state index contributed by atoms with van der Waals surface area (Å²) in [4.78, 5) is 2.69. The Morgan fingerprint density at radius 1 is 1.33 bits per heavy atom. The molecule has 0 bridgehead atoms. The van der Waals surface area contributed by atoms with Crippen molar-refractivity contribution in [3.8, 4) is 0 Å². The van der Waals surface area contributed by atoms with Gasteiger partial charge in [-0.1, -0.05) is 13.8 Å². The number of piperidine rings is 1. The highest BCUT2D eigenvalue weighted by Crippen LogP contribution is 2.29. The average molecular weight is 273 g/mol. The number of thioether (sulfide) groups is 1. The van der Waals surface area contributed by atoms with E-state index < -0.39 is 0 Å². The van der Waals surface area contributed by atoms with Crippen LogP contribution in [0.4, 0.5) is 0 Å². The van der Waals surface area contributed by atoms with Crippen molar-refractivity contribution in [1.29, 1.82) is 0 Å². The van der Waals surface area contributed by atoms with Gasteiger partial charge < -0.3 is 5.32 Å². The summed E-state index contributed by atoms with van der Waals surface area (Å²) in [5.74, 6) is 0.753. The first-order valence-electron chi connectivity index (χ1n) is 7.44. The average Bonchev–Trinajstić information content (AvgIpc) is 2.34. The normalized spacial score (nSPS) is 30.7. The molecule has 0 aliphatic carbocycles. The molecular weight excluding hydrogens is 240 g/mol. The maximum Gasteiger partial charge on any atom is 0.0228 e. The van der Waals surface area contributed by atoms with Crippen molar-refractivity contribution in [3.05, 3.63) is 0 Å². The Hall–Kier alpha value is 0.270. The van der Waals surface area contributed by atoms with Crippen molar-refractivity contribution in [3.63, 3.8) is 0 Å². The first kappa shape index (κ1) is 16.3. The van der Waals surface area contributed by atoms with Crippen molar-refractivity contribution in [2.45, 2.75) is 64.3 Å². The van der Waals surface area contributed by atoms with Crippen LogP contribution in [0.3, 0.4) is 0 Å². The van der Waals surface area contributed by atoms with Gasteiger partial charge in [-0.3, -0.25) is 4.90 Å². The first-order valence-corrected chi connectivity index (χ1v) is 8.66. The SMILES string of the molecule is CCCNC1CCN(CC(C)(C)SC)C(C)C1C. The highest BCUT2D eigenvalue weighted by molar-refractivity contribution is 7.99. The van der Waals surface area contributed by atoms with E-state index in [4.69, 9.17) is 0 Å². The van der Waals surface area contributed by atoms with Gasteiger partial charge in [-0.05, 0) is 58.9 Å². The molecule has 1 saturated heterocycles. The van der Waals surface area contributed by atoms with E-state index >= 15 is 0 Å². The number of hydrogen-bond acceptors (Lipinski definition) is 3. The second-order valence-corrected chi connectivity index (χ2v) is 7.90. The summed E-state index contributed by atoms with van der Waals surface area (Å²) < 4.78 is 0.373. The summed E-state index contributed by atoms with van der Waals surface area (Å²) in [6, 6.07) is 1.41. The van der Waals surface area contributed by atoms with E-state index in [-0.39, 0.29) is 0 Å². The quantitative estimate of drug-likeness (QED) is 0.799.